The van der Waals surface area contributed by atoms with Gasteiger partial charge in [0, 0.05) is 25.0 Å². The molecule has 20 heavy (non-hydrogen) atoms. The van der Waals surface area contributed by atoms with E-state index in [1.165, 1.54) is 17.1 Å². The van der Waals surface area contributed by atoms with Gasteiger partial charge in [-0.15, -0.1) is 0 Å². The third-order valence-corrected chi connectivity index (χ3v) is 3.93. The number of hydrogen-bond acceptors (Lipinski definition) is 3. The molecule has 5 heteroatoms. The van der Waals surface area contributed by atoms with Crippen LogP contribution >= 0.6 is 0 Å². The Bertz CT molecular complexity index is 783. The molecule has 0 N–H and O–H groups in total. The molecule has 1 aliphatic heterocycles. The summed E-state index contributed by atoms with van der Waals surface area (Å²) >= 11 is 0. The molecule has 0 saturated carbocycles. The third-order valence-electron chi connectivity index (χ3n) is 3.93. The van der Waals surface area contributed by atoms with Gasteiger partial charge in [-0.1, -0.05) is 6.92 Å². The standard InChI is InChI=1S/C15H17N5/c1-3-12-8-13(10-18-9-11(2)17-15(12)18)19-6-7-20-14(19)4-5-16-20/h4-5,8-10H,3,6-7H2,1-2H3. The molecule has 102 valence electrons. The van der Waals surface area contributed by atoms with Gasteiger partial charge < -0.3 is 9.30 Å². The van der Waals surface area contributed by atoms with Crippen LogP contribution in [0.5, 0.6) is 0 Å². The summed E-state index contributed by atoms with van der Waals surface area (Å²) < 4.78 is 4.19. The van der Waals surface area contributed by atoms with E-state index in [-0.39, 0.29) is 0 Å². The van der Waals surface area contributed by atoms with Gasteiger partial charge in [-0.05, 0) is 25.0 Å². The van der Waals surface area contributed by atoms with E-state index in [1.807, 2.05) is 13.1 Å². The number of hydrogen-bond donors (Lipinski definition) is 0. The summed E-state index contributed by atoms with van der Waals surface area (Å²) in [5, 5.41) is 4.34. The topological polar surface area (TPSA) is 38.4 Å². The molecule has 0 amide bonds. The van der Waals surface area contributed by atoms with E-state index in [0.717, 1.165) is 30.9 Å². The third kappa shape index (κ3) is 1.56. The molecular formula is C15H17N5. The molecule has 0 bridgehead atoms. The molecule has 0 saturated heterocycles. The highest BCUT2D eigenvalue weighted by atomic mass is 15.4. The number of anilines is 2. The second kappa shape index (κ2) is 4.10. The van der Waals surface area contributed by atoms with Crippen molar-refractivity contribution in [3.8, 4) is 0 Å². The maximum Gasteiger partial charge on any atom is 0.140 e. The van der Waals surface area contributed by atoms with E-state index in [2.05, 4.69) is 55.5 Å². The zero-order valence-electron chi connectivity index (χ0n) is 11.7. The largest absolute Gasteiger partial charge is 0.323 e. The minimum atomic E-state index is 0.949. The predicted molar refractivity (Wildman–Crippen MR) is 78.5 cm³/mol. The van der Waals surface area contributed by atoms with Crippen molar-refractivity contribution in [1.29, 1.82) is 0 Å². The summed E-state index contributed by atoms with van der Waals surface area (Å²) in [6, 6.07) is 4.33. The summed E-state index contributed by atoms with van der Waals surface area (Å²) in [4.78, 5) is 6.93. The maximum absolute atomic E-state index is 4.61. The van der Waals surface area contributed by atoms with Crippen LogP contribution < -0.4 is 4.90 Å². The van der Waals surface area contributed by atoms with Crippen molar-refractivity contribution >= 4 is 17.2 Å². The monoisotopic (exact) mass is 267 g/mol. The first-order valence-corrected chi connectivity index (χ1v) is 7.04. The van der Waals surface area contributed by atoms with Crippen LogP contribution in [-0.4, -0.2) is 25.7 Å². The number of fused-ring (bicyclic) bond motifs is 2. The number of nitrogens with zero attached hydrogens (tertiary/aromatic N) is 5. The van der Waals surface area contributed by atoms with Crippen molar-refractivity contribution in [2.75, 3.05) is 11.4 Å². The van der Waals surface area contributed by atoms with Gasteiger partial charge in [-0.3, -0.25) is 0 Å². The number of aromatic nitrogens is 4. The minimum absolute atomic E-state index is 0.949. The van der Waals surface area contributed by atoms with Crippen molar-refractivity contribution in [2.24, 2.45) is 0 Å². The fourth-order valence-corrected chi connectivity index (χ4v) is 2.98. The first-order chi connectivity index (χ1) is 9.76. The Morgan fingerprint density at radius 3 is 3.00 bits per heavy atom. The molecule has 4 heterocycles. The number of imidazole rings is 1. The lowest BCUT2D eigenvalue weighted by atomic mass is 10.2. The van der Waals surface area contributed by atoms with Crippen LogP contribution in [0.4, 0.5) is 11.5 Å². The van der Waals surface area contributed by atoms with Crippen LogP contribution in [0.2, 0.25) is 0 Å². The summed E-state index contributed by atoms with van der Waals surface area (Å²) in [5.74, 6) is 1.17. The van der Waals surface area contributed by atoms with Crippen molar-refractivity contribution in [3.05, 3.63) is 42.0 Å². The smallest absolute Gasteiger partial charge is 0.140 e. The summed E-state index contributed by atoms with van der Waals surface area (Å²) in [5.41, 5.74) is 4.63. The van der Waals surface area contributed by atoms with Gasteiger partial charge in [0.1, 0.15) is 11.5 Å². The van der Waals surface area contributed by atoms with Crippen LogP contribution in [0.1, 0.15) is 18.2 Å². The average molecular weight is 267 g/mol. The lowest BCUT2D eigenvalue weighted by Gasteiger charge is -2.18. The highest BCUT2D eigenvalue weighted by molar-refractivity contribution is 5.65. The second-order valence-corrected chi connectivity index (χ2v) is 5.25. The van der Waals surface area contributed by atoms with Crippen LogP contribution in [0.25, 0.3) is 5.65 Å². The fourth-order valence-electron chi connectivity index (χ4n) is 2.98. The van der Waals surface area contributed by atoms with Crippen molar-refractivity contribution in [1.82, 2.24) is 19.2 Å². The molecule has 0 aliphatic carbocycles. The molecule has 5 nitrogen and oxygen atoms in total. The van der Waals surface area contributed by atoms with E-state index in [9.17, 15) is 0 Å². The van der Waals surface area contributed by atoms with E-state index >= 15 is 0 Å². The van der Waals surface area contributed by atoms with Crippen LogP contribution in [0.3, 0.4) is 0 Å². The fraction of sp³-hybridized carbons (Fsp3) is 0.333. The molecule has 0 atom stereocenters. The molecule has 0 spiro atoms. The molecule has 0 unspecified atom stereocenters. The highest BCUT2D eigenvalue weighted by Gasteiger charge is 2.21. The Labute approximate surface area is 117 Å². The van der Waals surface area contributed by atoms with Gasteiger partial charge in [0.05, 0.1) is 24.1 Å². The van der Waals surface area contributed by atoms with E-state index in [4.69, 9.17) is 0 Å². The van der Waals surface area contributed by atoms with Gasteiger partial charge in [0.15, 0.2) is 0 Å². The molecule has 0 radical (unpaired) electrons. The average Bonchev–Trinajstić information content (AvgIpc) is 3.09. The SMILES string of the molecule is CCc1cc(N2CCn3nccc32)cn2cc(C)nc12. The van der Waals surface area contributed by atoms with E-state index < -0.39 is 0 Å². The van der Waals surface area contributed by atoms with Crippen LogP contribution in [0.15, 0.2) is 30.7 Å². The number of aryl methyl sites for hydroxylation is 2. The van der Waals surface area contributed by atoms with E-state index in [0.29, 0.717) is 0 Å². The number of rotatable bonds is 2. The Balaban J connectivity index is 1.89. The Morgan fingerprint density at radius 2 is 2.15 bits per heavy atom. The van der Waals surface area contributed by atoms with E-state index in [1.54, 1.807) is 0 Å². The first-order valence-electron chi connectivity index (χ1n) is 7.04. The van der Waals surface area contributed by atoms with Crippen LogP contribution in [0, 0.1) is 6.92 Å². The second-order valence-electron chi connectivity index (χ2n) is 5.25. The predicted octanol–water partition coefficient (Wildman–Crippen LogP) is 2.55. The summed E-state index contributed by atoms with van der Waals surface area (Å²) in [6.45, 7) is 6.14. The lowest BCUT2D eigenvalue weighted by molar-refractivity contribution is 0.693. The Kier molecular flexibility index (Phi) is 2.36. The summed E-state index contributed by atoms with van der Waals surface area (Å²) in [7, 11) is 0. The quantitative estimate of drug-likeness (QED) is 0.716. The van der Waals surface area contributed by atoms with Gasteiger partial charge in [0.2, 0.25) is 0 Å². The van der Waals surface area contributed by atoms with Crippen molar-refractivity contribution in [3.63, 3.8) is 0 Å². The Morgan fingerprint density at radius 1 is 1.25 bits per heavy atom. The van der Waals surface area contributed by atoms with Crippen molar-refractivity contribution in [2.45, 2.75) is 26.8 Å². The van der Waals surface area contributed by atoms with Gasteiger partial charge in [-0.25, -0.2) is 9.67 Å². The van der Waals surface area contributed by atoms with Crippen LogP contribution in [-0.2, 0) is 13.0 Å². The van der Waals surface area contributed by atoms with Gasteiger partial charge in [-0.2, -0.15) is 5.10 Å². The maximum atomic E-state index is 4.61. The molecular weight excluding hydrogens is 250 g/mol. The normalized spacial score (nSPS) is 14.2. The minimum Gasteiger partial charge on any atom is -0.323 e. The van der Waals surface area contributed by atoms with Gasteiger partial charge >= 0.3 is 0 Å². The number of pyridine rings is 1. The first kappa shape index (κ1) is 11.5. The Hall–Kier alpha value is -2.30. The summed E-state index contributed by atoms with van der Waals surface area (Å²) in [6.07, 6.45) is 7.10. The lowest BCUT2D eigenvalue weighted by Crippen LogP contribution is -2.14. The molecule has 3 aromatic rings. The molecule has 0 aromatic carbocycles. The van der Waals surface area contributed by atoms with Crippen molar-refractivity contribution < 1.29 is 0 Å². The molecule has 4 rings (SSSR count). The molecule has 1 aliphatic rings. The molecule has 0 fully saturated rings. The van der Waals surface area contributed by atoms with Gasteiger partial charge in [0.25, 0.3) is 0 Å². The molecule has 3 aromatic heterocycles. The zero-order valence-corrected chi connectivity index (χ0v) is 11.7. The zero-order chi connectivity index (χ0) is 13.7. The highest BCUT2D eigenvalue weighted by Crippen LogP contribution is 2.31.